The van der Waals surface area contributed by atoms with Gasteiger partial charge >= 0.3 is 0 Å². The molecular formula is C14H20O2S. The van der Waals surface area contributed by atoms with Gasteiger partial charge < -0.3 is 9.84 Å². The molecule has 1 saturated heterocycles. The second-order valence-corrected chi connectivity index (χ2v) is 5.80. The van der Waals surface area contributed by atoms with Crippen molar-refractivity contribution in [2.24, 2.45) is 0 Å². The molecule has 0 bridgehead atoms. The van der Waals surface area contributed by atoms with Gasteiger partial charge in [-0.1, -0.05) is 12.1 Å². The van der Waals surface area contributed by atoms with E-state index in [1.165, 1.54) is 17.7 Å². The third kappa shape index (κ3) is 3.73. The topological polar surface area (TPSA) is 29.5 Å². The summed E-state index contributed by atoms with van der Waals surface area (Å²) in [6.45, 7) is 3.93. The maximum atomic E-state index is 9.42. The Morgan fingerprint density at radius 3 is 2.59 bits per heavy atom. The van der Waals surface area contributed by atoms with Gasteiger partial charge in [-0.15, -0.1) is 11.8 Å². The summed E-state index contributed by atoms with van der Waals surface area (Å²) >= 11 is 1.83. The fourth-order valence-electron chi connectivity index (χ4n) is 2.04. The molecule has 0 radical (unpaired) electrons. The van der Waals surface area contributed by atoms with E-state index >= 15 is 0 Å². The predicted octanol–water partition coefficient (Wildman–Crippen LogP) is 3.40. The van der Waals surface area contributed by atoms with Crippen molar-refractivity contribution in [2.45, 2.75) is 49.9 Å². The van der Waals surface area contributed by atoms with Crippen LogP contribution < -0.4 is 0 Å². The van der Waals surface area contributed by atoms with Gasteiger partial charge in [-0.3, -0.25) is 0 Å². The maximum absolute atomic E-state index is 9.42. The number of aliphatic hydroxyl groups is 1. The van der Waals surface area contributed by atoms with E-state index in [-0.39, 0.29) is 6.10 Å². The van der Waals surface area contributed by atoms with Crippen molar-refractivity contribution in [3.8, 4) is 0 Å². The van der Waals surface area contributed by atoms with E-state index in [0.29, 0.717) is 12.2 Å². The van der Waals surface area contributed by atoms with E-state index in [9.17, 15) is 5.11 Å². The monoisotopic (exact) mass is 252 g/mol. The average molecular weight is 252 g/mol. The molecule has 17 heavy (non-hydrogen) atoms. The van der Waals surface area contributed by atoms with Crippen LogP contribution >= 0.6 is 11.8 Å². The van der Waals surface area contributed by atoms with Crippen LogP contribution in [0.15, 0.2) is 29.2 Å². The number of aliphatic hydroxyl groups excluding tert-OH is 1. The minimum atomic E-state index is -0.381. The molecule has 1 aromatic carbocycles. The first-order valence-electron chi connectivity index (χ1n) is 6.21. The Bertz CT molecular complexity index is 348. The molecule has 1 aliphatic heterocycles. The van der Waals surface area contributed by atoms with Gasteiger partial charge in [-0.2, -0.15) is 0 Å². The highest BCUT2D eigenvalue weighted by molar-refractivity contribution is 7.99. The first-order valence-corrected chi connectivity index (χ1v) is 7.20. The molecule has 3 heteroatoms. The van der Waals surface area contributed by atoms with Gasteiger partial charge in [0.1, 0.15) is 0 Å². The SMILES string of the molecule is CC1CCC(CSc2ccc(C(C)O)cc2)O1. The Hall–Kier alpha value is -0.510. The lowest BCUT2D eigenvalue weighted by Gasteiger charge is -2.11. The van der Waals surface area contributed by atoms with Gasteiger partial charge in [0.2, 0.25) is 0 Å². The summed E-state index contributed by atoms with van der Waals surface area (Å²) in [7, 11) is 0. The second kappa shape index (κ2) is 5.89. The van der Waals surface area contributed by atoms with Gasteiger partial charge in [0.15, 0.2) is 0 Å². The number of rotatable bonds is 4. The minimum absolute atomic E-state index is 0.381. The zero-order chi connectivity index (χ0) is 12.3. The molecule has 0 saturated carbocycles. The van der Waals surface area contributed by atoms with Crippen molar-refractivity contribution in [1.82, 2.24) is 0 Å². The molecule has 1 heterocycles. The largest absolute Gasteiger partial charge is 0.389 e. The van der Waals surface area contributed by atoms with Crippen LogP contribution in [0, 0.1) is 0 Å². The first kappa shape index (κ1) is 12.9. The van der Waals surface area contributed by atoms with E-state index in [1.807, 2.05) is 23.9 Å². The Morgan fingerprint density at radius 1 is 1.35 bits per heavy atom. The zero-order valence-electron chi connectivity index (χ0n) is 10.4. The van der Waals surface area contributed by atoms with Gasteiger partial charge in [0, 0.05) is 10.6 Å². The molecule has 0 aromatic heterocycles. The van der Waals surface area contributed by atoms with Crippen LogP contribution in [-0.2, 0) is 4.74 Å². The van der Waals surface area contributed by atoms with Gasteiger partial charge in [0.25, 0.3) is 0 Å². The van der Waals surface area contributed by atoms with Crippen LogP contribution in [0.3, 0.4) is 0 Å². The lowest BCUT2D eigenvalue weighted by Crippen LogP contribution is -2.10. The lowest BCUT2D eigenvalue weighted by atomic mass is 10.1. The molecule has 0 aliphatic carbocycles. The Labute approximate surface area is 107 Å². The van der Waals surface area contributed by atoms with Crippen LogP contribution in [0.4, 0.5) is 0 Å². The van der Waals surface area contributed by atoms with E-state index in [1.54, 1.807) is 6.92 Å². The highest BCUT2D eigenvalue weighted by Crippen LogP contribution is 2.27. The van der Waals surface area contributed by atoms with Crippen molar-refractivity contribution >= 4 is 11.8 Å². The van der Waals surface area contributed by atoms with E-state index in [4.69, 9.17) is 4.74 Å². The zero-order valence-corrected chi connectivity index (χ0v) is 11.2. The summed E-state index contributed by atoms with van der Waals surface area (Å²) in [4.78, 5) is 1.25. The van der Waals surface area contributed by atoms with Crippen molar-refractivity contribution in [1.29, 1.82) is 0 Å². The van der Waals surface area contributed by atoms with Crippen LogP contribution in [0.1, 0.15) is 38.4 Å². The molecule has 0 spiro atoms. The molecule has 2 rings (SSSR count). The first-order chi connectivity index (χ1) is 8.15. The van der Waals surface area contributed by atoms with Gasteiger partial charge in [0.05, 0.1) is 18.3 Å². The standard InChI is InChI=1S/C14H20O2S/c1-10-3-6-13(16-10)9-17-14-7-4-12(5-8-14)11(2)15/h4-5,7-8,10-11,13,15H,3,6,9H2,1-2H3. The second-order valence-electron chi connectivity index (χ2n) is 4.70. The molecule has 94 valence electrons. The Balaban J connectivity index is 1.83. The summed E-state index contributed by atoms with van der Waals surface area (Å²) in [5.41, 5.74) is 0.972. The molecule has 0 amide bonds. The number of thioether (sulfide) groups is 1. The van der Waals surface area contributed by atoms with Crippen molar-refractivity contribution in [3.63, 3.8) is 0 Å². The highest BCUT2D eigenvalue weighted by atomic mass is 32.2. The van der Waals surface area contributed by atoms with Crippen LogP contribution in [-0.4, -0.2) is 23.1 Å². The van der Waals surface area contributed by atoms with Gasteiger partial charge in [-0.05, 0) is 44.4 Å². The van der Waals surface area contributed by atoms with E-state index in [0.717, 1.165) is 11.3 Å². The number of ether oxygens (including phenoxy) is 1. The Morgan fingerprint density at radius 2 is 2.06 bits per heavy atom. The Kier molecular flexibility index (Phi) is 4.48. The predicted molar refractivity (Wildman–Crippen MR) is 71.4 cm³/mol. The molecule has 1 fully saturated rings. The molecule has 1 N–H and O–H groups in total. The highest BCUT2D eigenvalue weighted by Gasteiger charge is 2.21. The molecule has 2 nitrogen and oxygen atoms in total. The van der Waals surface area contributed by atoms with Crippen molar-refractivity contribution < 1.29 is 9.84 Å². The normalized spacial score (nSPS) is 26.1. The molecular weight excluding hydrogens is 232 g/mol. The van der Waals surface area contributed by atoms with Crippen molar-refractivity contribution in [2.75, 3.05) is 5.75 Å². The van der Waals surface area contributed by atoms with Gasteiger partial charge in [-0.25, -0.2) is 0 Å². The van der Waals surface area contributed by atoms with Crippen LogP contribution in [0.2, 0.25) is 0 Å². The van der Waals surface area contributed by atoms with Crippen LogP contribution in [0.5, 0.6) is 0 Å². The number of benzene rings is 1. The third-order valence-electron chi connectivity index (χ3n) is 3.12. The maximum Gasteiger partial charge on any atom is 0.0761 e. The van der Waals surface area contributed by atoms with E-state index in [2.05, 4.69) is 19.1 Å². The quantitative estimate of drug-likeness (QED) is 0.833. The molecule has 3 atom stereocenters. The number of hydrogen-bond acceptors (Lipinski definition) is 3. The van der Waals surface area contributed by atoms with Crippen molar-refractivity contribution in [3.05, 3.63) is 29.8 Å². The molecule has 3 unspecified atom stereocenters. The minimum Gasteiger partial charge on any atom is -0.389 e. The van der Waals surface area contributed by atoms with E-state index < -0.39 is 0 Å². The summed E-state index contributed by atoms with van der Waals surface area (Å²) in [5.74, 6) is 1.03. The fraction of sp³-hybridized carbons (Fsp3) is 0.571. The number of hydrogen-bond donors (Lipinski definition) is 1. The summed E-state index contributed by atoms with van der Waals surface area (Å²) in [6, 6.07) is 8.13. The summed E-state index contributed by atoms with van der Waals surface area (Å²) in [5, 5.41) is 9.42. The van der Waals surface area contributed by atoms with Crippen LogP contribution in [0.25, 0.3) is 0 Å². The summed E-state index contributed by atoms with van der Waals surface area (Å²) in [6.07, 6.45) is 2.82. The lowest BCUT2D eigenvalue weighted by molar-refractivity contribution is 0.0700. The average Bonchev–Trinajstić information content (AvgIpc) is 2.73. The fourth-order valence-corrected chi connectivity index (χ4v) is 2.99. The smallest absolute Gasteiger partial charge is 0.0761 e. The third-order valence-corrected chi connectivity index (χ3v) is 4.26. The summed E-state index contributed by atoms with van der Waals surface area (Å²) < 4.78 is 5.78. The molecule has 1 aliphatic rings. The molecule has 1 aromatic rings.